The summed E-state index contributed by atoms with van der Waals surface area (Å²) in [5.74, 6) is 0.669. The Kier molecular flexibility index (Phi) is 3.75. The molecule has 0 atom stereocenters. The third-order valence-electron chi connectivity index (χ3n) is 2.46. The van der Waals surface area contributed by atoms with E-state index in [0.29, 0.717) is 5.92 Å². The predicted molar refractivity (Wildman–Crippen MR) is 55.0 cm³/mol. The van der Waals surface area contributed by atoms with Crippen molar-refractivity contribution in [3.63, 3.8) is 0 Å². The Morgan fingerprint density at radius 1 is 1.43 bits per heavy atom. The van der Waals surface area contributed by atoms with Gasteiger partial charge in [-0.25, -0.2) is 4.79 Å². The van der Waals surface area contributed by atoms with Crippen molar-refractivity contribution >= 4 is 6.03 Å². The molecule has 82 valence electrons. The van der Waals surface area contributed by atoms with Crippen LogP contribution in [0.1, 0.15) is 33.1 Å². The van der Waals surface area contributed by atoms with Crippen molar-refractivity contribution in [2.75, 3.05) is 13.1 Å². The van der Waals surface area contributed by atoms with E-state index in [1.165, 1.54) is 19.3 Å². The van der Waals surface area contributed by atoms with Gasteiger partial charge in [0, 0.05) is 13.1 Å². The lowest BCUT2D eigenvalue weighted by molar-refractivity contribution is 0.0818. The van der Waals surface area contributed by atoms with Crippen LogP contribution in [0.15, 0.2) is 0 Å². The summed E-state index contributed by atoms with van der Waals surface area (Å²) in [6.45, 7) is 4.37. The van der Waals surface area contributed by atoms with Crippen LogP contribution in [0.25, 0.3) is 0 Å². The molecule has 0 radical (unpaired) electrons. The van der Waals surface area contributed by atoms with Gasteiger partial charge in [0.15, 0.2) is 0 Å². The summed E-state index contributed by atoms with van der Waals surface area (Å²) in [4.78, 5) is 11.2. The second kappa shape index (κ2) is 4.64. The third kappa shape index (κ3) is 4.46. The van der Waals surface area contributed by atoms with Gasteiger partial charge in [-0.3, -0.25) is 0 Å². The van der Waals surface area contributed by atoms with Crippen molar-refractivity contribution in [1.29, 1.82) is 0 Å². The maximum atomic E-state index is 11.2. The van der Waals surface area contributed by atoms with E-state index in [0.717, 1.165) is 6.54 Å². The van der Waals surface area contributed by atoms with E-state index in [4.69, 9.17) is 0 Å². The quantitative estimate of drug-likeness (QED) is 0.630. The van der Waals surface area contributed by atoms with Crippen LogP contribution < -0.4 is 10.6 Å². The molecule has 1 aliphatic carbocycles. The number of nitrogens with one attached hydrogen (secondary N) is 2. The molecule has 0 aliphatic heterocycles. The summed E-state index contributed by atoms with van der Waals surface area (Å²) in [5, 5.41) is 14.8. The number of aliphatic hydroxyl groups is 1. The molecule has 0 spiro atoms. The number of rotatable bonds is 4. The van der Waals surface area contributed by atoms with E-state index in [1.807, 2.05) is 0 Å². The fraction of sp³-hybridized carbons (Fsp3) is 0.900. The second-order valence-electron chi connectivity index (χ2n) is 4.67. The molecular formula is C10H20N2O2. The van der Waals surface area contributed by atoms with Gasteiger partial charge < -0.3 is 15.7 Å². The average molecular weight is 200 g/mol. The SMILES string of the molecule is CC(C)(O)CNC(=O)NCC1CCC1. The molecule has 1 rings (SSSR count). The molecule has 2 amide bonds. The van der Waals surface area contributed by atoms with Gasteiger partial charge in [-0.15, -0.1) is 0 Å². The van der Waals surface area contributed by atoms with E-state index in [1.54, 1.807) is 13.8 Å². The summed E-state index contributed by atoms with van der Waals surface area (Å²) < 4.78 is 0. The van der Waals surface area contributed by atoms with Crippen molar-refractivity contribution < 1.29 is 9.90 Å². The van der Waals surface area contributed by atoms with Gasteiger partial charge in [0.25, 0.3) is 0 Å². The van der Waals surface area contributed by atoms with Crippen LogP contribution in [-0.2, 0) is 0 Å². The molecule has 0 saturated heterocycles. The smallest absolute Gasteiger partial charge is 0.314 e. The Balaban J connectivity index is 2.03. The fourth-order valence-electron chi connectivity index (χ4n) is 1.29. The van der Waals surface area contributed by atoms with Crippen molar-refractivity contribution in [1.82, 2.24) is 10.6 Å². The largest absolute Gasteiger partial charge is 0.389 e. The minimum Gasteiger partial charge on any atom is -0.389 e. The second-order valence-corrected chi connectivity index (χ2v) is 4.67. The zero-order valence-electron chi connectivity index (χ0n) is 8.97. The first-order valence-corrected chi connectivity index (χ1v) is 5.21. The van der Waals surface area contributed by atoms with Crippen molar-refractivity contribution in [3.8, 4) is 0 Å². The monoisotopic (exact) mass is 200 g/mol. The Morgan fingerprint density at radius 3 is 2.50 bits per heavy atom. The molecule has 1 saturated carbocycles. The van der Waals surface area contributed by atoms with Gasteiger partial charge in [-0.2, -0.15) is 0 Å². The molecule has 0 aromatic carbocycles. The van der Waals surface area contributed by atoms with Crippen molar-refractivity contribution in [2.24, 2.45) is 5.92 Å². The van der Waals surface area contributed by atoms with E-state index < -0.39 is 5.60 Å². The highest BCUT2D eigenvalue weighted by Crippen LogP contribution is 2.24. The first-order valence-electron chi connectivity index (χ1n) is 5.21. The number of hydrogen-bond acceptors (Lipinski definition) is 2. The summed E-state index contributed by atoms with van der Waals surface area (Å²) in [7, 11) is 0. The molecule has 0 heterocycles. The molecule has 1 aliphatic rings. The van der Waals surface area contributed by atoms with Crippen molar-refractivity contribution in [3.05, 3.63) is 0 Å². The zero-order chi connectivity index (χ0) is 10.6. The average Bonchev–Trinajstić information content (AvgIpc) is 1.96. The molecule has 4 nitrogen and oxygen atoms in total. The first-order chi connectivity index (χ1) is 6.47. The normalized spacial score (nSPS) is 17.4. The maximum Gasteiger partial charge on any atom is 0.314 e. The molecule has 3 N–H and O–H groups in total. The highest BCUT2D eigenvalue weighted by atomic mass is 16.3. The van der Waals surface area contributed by atoms with Crippen LogP contribution >= 0.6 is 0 Å². The van der Waals surface area contributed by atoms with Gasteiger partial charge in [0.1, 0.15) is 0 Å². The zero-order valence-corrected chi connectivity index (χ0v) is 8.97. The van der Waals surface area contributed by atoms with Gasteiger partial charge in [0.05, 0.1) is 5.60 Å². The van der Waals surface area contributed by atoms with Crippen LogP contribution in [0.2, 0.25) is 0 Å². The summed E-state index contributed by atoms with van der Waals surface area (Å²) in [6, 6.07) is -0.181. The van der Waals surface area contributed by atoms with E-state index in [-0.39, 0.29) is 12.6 Å². The summed E-state index contributed by atoms with van der Waals surface area (Å²) >= 11 is 0. The molecule has 0 aromatic heterocycles. The Hall–Kier alpha value is -0.770. The van der Waals surface area contributed by atoms with Gasteiger partial charge in [0.2, 0.25) is 0 Å². The molecular weight excluding hydrogens is 180 g/mol. The highest BCUT2D eigenvalue weighted by molar-refractivity contribution is 5.73. The number of urea groups is 1. The molecule has 14 heavy (non-hydrogen) atoms. The summed E-state index contributed by atoms with van der Waals surface area (Å²) in [6.07, 6.45) is 3.75. The van der Waals surface area contributed by atoms with Gasteiger partial charge in [-0.1, -0.05) is 6.42 Å². The Bertz CT molecular complexity index is 195. The van der Waals surface area contributed by atoms with Crippen LogP contribution in [0.4, 0.5) is 4.79 Å². The number of carbonyl (C=O) groups excluding carboxylic acids is 1. The van der Waals surface area contributed by atoms with E-state index in [2.05, 4.69) is 10.6 Å². The van der Waals surface area contributed by atoms with E-state index in [9.17, 15) is 9.90 Å². The van der Waals surface area contributed by atoms with E-state index >= 15 is 0 Å². The molecule has 4 heteroatoms. The lowest BCUT2D eigenvalue weighted by Gasteiger charge is -2.25. The summed E-state index contributed by atoms with van der Waals surface area (Å²) in [5.41, 5.74) is -0.839. The number of amides is 2. The fourth-order valence-corrected chi connectivity index (χ4v) is 1.29. The minimum absolute atomic E-state index is 0.181. The van der Waals surface area contributed by atoms with Crippen LogP contribution in [0.5, 0.6) is 0 Å². The molecule has 0 bridgehead atoms. The van der Waals surface area contributed by atoms with Crippen molar-refractivity contribution in [2.45, 2.75) is 38.7 Å². The molecule has 1 fully saturated rings. The number of hydrogen-bond donors (Lipinski definition) is 3. The standard InChI is InChI=1S/C10H20N2O2/c1-10(2,14)7-12-9(13)11-6-8-4-3-5-8/h8,14H,3-7H2,1-2H3,(H2,11,12,13). The Labute approximate surface area is 85.1 Å². The lowest BCUT2D eigenvalue weighted by atomic mass is 9.85. The lowest BCUT2D eigenvalue weighted by Crippen LogP contribution is -2.45. The third-order valence-corrected chi connectivity index (χ3v) is 2.46. The first kappa shape index (κ1) is 11.3. The van der Waals surface area contributed by atoms with Crippen LogP contribution in [0, 0.1) is 5.92 Å². The topological polar surface area (TPSA) is 61.4 Å². The van der Waals surface area contributed by atoms with Gasteiger partial charge >= 0.3 is 6.03 Å². The van der Waals surface area contributed by atoms with Crippen LogP contribution in [0.3, 0.4) is 0 Å². The van der Waals surface area contributed by atoms with Crippen LogP contribution in [-0.4, -0.2) is 29.8 Å². The predicted octanol–water partition coefficient (Wildman–Crippen LogP) is 0.857. The maximum absolute atomic E-state index is 11.2. The number of carbonyl (C=O) groups is 1. The minimum atomic E-state index is -0.839. The highest BCUT2D eigenvalue weighted by Gasteiger charge is 2.18. The molecule has 0 unspecified atom stereocenters. The Morgan fingerprint density at radius 2 is 2.07 bits per heavy atom. The van der Waals surface area contributed by atoms with Gasteiger partial charge in [-0.05, 0) is 32.6 Å². The molecule has 0 aromatic rings.